The van der Waals surface area contributed by atoms with Crippen molar-refractivity contribution in [3.63, 3.8) is 0 Å². The van der Waals surface area contributed by atoms with Crippen molar-refractivity contribution < 1.29 is 19.0 Å². The van der Waals surface area contributed by atoms with Gasteiger partial charge in [-0.1, -0.05) is 0 Å². The summed E-state index contributed by atoms with van der Waals surface area (Å²) in [7, 11) is 8.71. The van der Waals surface area contributed by atoms with Gasteiger partial charge in [-0.05, 0) is 39.2 Å². The van der Waals surface area contributed by atoms with Crippen LogP contribution in [0.1, 0.15) is 12.0 Å². The van der Waals surface area contributed by atoms with Gasteiger partial charge in [-0.15, -0.1) is 0 Å². The van der Waals surface area contributed by atoms with E-state index in [0.717, 1.165) is 18.5 Å². The Balaban J connectivity index is 2.72. The highest BCUT2D eigenvalue weighted by atomic mass is 16.5. The fourth-order valence-corrected chi connectivity index (χ4v) is 2.01. The van der Waals surface area contributed by atoms with Crippen LogP contribution in [0.5, 0.6) is 17.2 Å². The summed E-state index contributed by atoms with van der Waals surface area (Å²) in [4.78, 5) is 13.9. The highest BCUT2D eigenvalue weighted by Crippen LogP contribution is 2.35. The van der Waals surface area contributed by atoms with Gasteiger partial charge in [-0.3, -0.25) is 4.79 Å². The van der Waals surface area contributed by atoms with Crippen molar-refractivity contribution in [2.24, 2.45) is 0 Å². The van der Waals surface area contributed by atoms with E-state index >= 15 is 0 Å². The summed E-state index contributed by atoms with van der Waals surface area (Å²) in [5.41, 5.74) is 0.744. The minimum atomic E-state index is -0.138. The highest BCUT2D eigenvalue weighted by molar-refractivity contribution is 5.92. The molecular weight excluding hydrogens is 296 g/mol. The van der Waals surface area contributed by atoms with E-state index in [9.17, 15) is 4.79 Å². The van der Waals surface area contributed by atoms with Gasteiger partial charge in [0.1, 0.15) is 5.75 Å². The van der Waals surface area contributed by atoms with E-state index in [1.807, 2.05) is 14.1 Å². The second kappa shape index (κ2) is 9.74. The number of ether oxygens (including phenoxy) is 3. The van der Waals surface area contributed by atoms with Gasteiger partial charge in [0.15, 0.2) is 11.5 Å². The van der Waals surface area contributed by atoms with Gasteiger partial charge < -0.3 is 24.4 Å². The largest absolute Gasteiger partial charge is 0.496 e. The molecule has 0 aliphatic heterocycles. The monoisotopic (exact) mass is 322 g/mol. The van der Waals surface area contributed by atoms with Crippen LogP contribution in [0.25, 0.3) is 6.08 Å². The first kappa shape index (κ1) is 18.8. The molecule has 0 heterocycles. The fourth-order valence-electron chi connectivity index (χ4n) is 2.01. The Bertz CT molecular complexity index is 542. The normalized spacial score (nSPS) is 10.9. The zero-order chi connectivity index (χ0) is 17.2. The molecule has 0 saturated heterocycles. The molecule has 0 radical (unpaired) electrons. The predicted octanol–water partition coefficient (Wildman–Crippen LogP) is 1.79. The lowest BCUT2D eigenvalue weighted by Gasteiger charge is -2.12. The minimum Gasteiger partial charge on any atom is -0.496 e. The van der Waals surface area contributed by atoms with Crippen molar-refractivity contribution in [1.82, 2.24) is 10.2 Å². The van der Waals surface area contributed by atoms with E-state index in [4.69, 9.17) is 14.2 Å². The van der Waals surface area contributed by atoms with E-state index in [-0.39, 0.29) is 5.91 Å². The first-order chi connectivity index (χ1) is 11.0. The van der Waals surface area contributed by atoms with Gasteiger partial charge in [0.2, 0.25) is 5.91 Å². The Kier molecular flexibility index (Phi) is 7.97. The lowest BCUT2D eigenvalue weighted by molar-refractivity contribution is -0.116. The first-order valence-corrected chi connectivity index (χ1v) is 7.42. The molecule has 1 rings (SSSR count). The number of benzene rings is 1. The molecule has 0 unspecified atom stereocenters. The molecule has 1 amide bonds. The molecule has 1 N–H and O–H groups in total. The SMILES string of the molecule is COc1cc(OC)c(OC)cc1C=CC(=O)NCCCN(C)C. The van der Waals surface area contributed by atoms with Crippen LogP contribution in [0, 0.1) is 0 Å². The van der Waals surface area contributed by atoms with Crippen molar-refractivity contribution in [3.05, 3.63) is 23.8 Å². The smallest absolute Gasteiger partial charge is 0.244 e. The van der Waals surface area contributed by atoms with E-state index < -0.39 is 0 Å². The number of hydrogen-bond donors (Lipinski definition) is 1. The number of rotatable bonds is 9. The Morgan fingerprint density at radius 2 is 1.70 bits per heavy atom. The minimum absolute atomic E-state index is 0.138. The van der Waals surface area contributed by atoms with Gasteiger partial charge >= 0.3 is 0 Å². The number of carbonyl (C=O) groups excluding carboxylic acids is 1. The summed E-state index contributed by atoms with van der Waals surface area (Å²) >= 11 is 0. The van der Waals surface area contributed by atoms with Crippen LogP contribution >= 0.6 is 0 Å². The molecule has 0 saturated carbocycles. The van der Waals surface area contributed by atoms with Crippen LogP contribution in [0.15, 0.2) is 18.2 Å². The maximum absolute atomic E-state index is 11.8. The van der Waals surface area contributed by atoms with Crippen molar-refractivity contribution >= 4 is 12.0 Å². The molecule has 6 nitrogen and oxygen atoms in total. The second-order valence-electron chi connectivity index (χ2n) is 5.23. The molecule has 0 fully saturated rings. The quantitative estimate of drug-likeness (QED) is 0.555. The number of hydrogen-bond acceptors (Lipinski definition) is 5. The second-order valence-corrected chi connectivity index (χ2v) is 5.23. The summed E-state index contributed by atoms with van der Waals surface area (Å²) in [6.45, 7) is 1.58. The van der Waals surface area contributed by atoms with E-state index in [1.165, 1.54) is 6.08 Å². The van der Waals surface area contributed by atoms with Gasteiger partial charge in [0, 0.05) is 24.3 Å². The van der Waals surface area contributed by atoms with Crippen LogP contribution in [0.3, 0.4) is 0 Å². The lowest BCUT2D eigenvalue weighted by Crippen LogP contribution is -2.25. The maximum atomic E-state index is 11.8. The molecule has 6 heteroatoms. The number of nitrogens with one attached hydrogen (secondary N) is 1. The summed E-state index contributed by atoms with van der Waals surface area (Å²) < 4.78 is 15.8. The molecule has 0 bridgehead atoms. The van der Waals surface area contributed by atoms with E-state index in [0.29, 0.717) is 23.8 Å². The maximum Gasteiger partial charge on any atom is 0.244 e. The summed E-state index contributed by atoms with van der Waals surface area (Å²) in [5.74, 6) is 1.63. The average molecular weight is 322 g/mol. The average Bonchev–Trinajstić information content (AvgIpc) is 2.55. The van der Waals surface area contributed by atoms with Crippen molar-refractivity contribution in [3.8, 4) is 17.2 Å². The van der Waals surface area contributed by atoms with E-state index in [1.54, 1.807) is 39.5 Å². The molecule has 0 atom stereocenters. The molecule has 0 aliphatic carbocycles. The molecular formula is C17H26N2O4. The standard InChI is InChI=1S/C17H26N2O4/c1-19(2)10-6-9-18-17(20)8-7-13-11-15(22-4)16(23-5)12-14(13)21-3/h7-8,11-12H,6,9-10H2,1-5H3,(H,18,20). The number of carbonyl (C=O) groups is 1. The third kappa shape index (κ3) is 6.20. The van der Waals surface area contributed by atoms with Gasteiger partial charge in [-0.25, -0.2) is 0 Å². The molecule has 0 spiro atoms. The molecule has 1 aromatic carbocycles. The van der Waals surface area contributed by atoms with Gasteiger partial charge in [0.05, 0.1) is 21.3 Å². The molecule has 23 heavy (non-hydrogen) atoms. The van der Waals surface area contributed by atoms with Crippen LogP contribution < -0.4 is 19.5 Å². The lowest BCUT2D eigenvalue weighted by atomic mass is 10.1. The number of methoxy groups -OCH3 is 3. The summed E-state index contributed by atoms with van der Waals surface area (Å²) in [6, 6.07) is 3.50. The Hall–Kier alpha value is -2.21. The topological polar surface area (TPSA) is 60.0 Å². The molecule has 0 aromatic heterocycles. The van der Waals surface area contributed by atoms with Crippen LogP contribution in [0.4, 0.5) is 0 Å². The van der Waals surface area contributed by atoms with Gasteiger partial charge in [0.25, 0.3) is 0 Å². The molecule has 0 aliphatic rings. The van der Waals surface area contributed by atoms with Crippen molar-refractivity contribution in [2.75, 3.05) is 48.5 Å². The van der Waals surface area contributed by atoms with Crippen LogP contribution in [-0.2, 0) is 4.79 Å². The zero-order valence-electron chi connectivity index (χ0n) is 14.5. The Morgan fingerprint density at radius 3 is 2.26 bits per heavy atom. The van der Waals surface area contributed by atoms with Crippen LogP contribution in [-0.4, -0.2) is 59.3 Å². The third-order valence-electron chi connectivity index (χ3n) is 3.23. The number of nitrogens with zero attached hydrogens (tertiary/aromatic N) is 1. The summed E-state index contributed by atoms with van der Waals surface area (Å²) in [5, 5.41) is 2.85. The molecule has 1 aromatic rings. The fraction of sp³-hybridized carbons (Fsp3) is 0.471. The highest BCUT2D eigenvalue weighted by Gasteiger charge is 2.10. The third-order valence-corrected chi connectivity index (χ3v) is 3.23. The van der Waals surface area contributed by atoms with Gasteiger partial charge in [-0.2, -0.15) is 0 Å². The van der Waals surface area contributed by atoms with Crippen LogP contribution in [0.2, 0.25) is 0 Å². The first-order valence-electron chi connectivity index (χ1n) is 7.42. The zero-order valence-corrected chi connectivity index (χ0v) is 14.5. The Morgan fingerprint density at radius 1 is 1.09 bits per heavy atom. The molecule has 128 valence electrons. The Labute approximate surface area is 138 Å². The summed E-state index contributed by atoms with van der Waals surface area (Å²) in [6.07, 6.45) is 4.09. The number of amides is 1. The van der Waals surface area contributed by atoms with Crippen molar-refractivity contribution in [1.29, 1.82) is 0 Å². The van der Waals surface area contributed by atoms with E-state index in [2.05, 4.69) is 10.2 Å². The van der Waals surface area contributed by atoms with Crippen molar-refractivity contribution in [2.45, 2.75) is 6.42 Å². The predicted molar refractivity (Wildman–Crippen MR) is 91.3 cm³/mol.